The molecule has 0 aliphatic carbocycles. The topological polar surface area (TPSA) is 53.4 Å². The number of hydrogen-bond donors (Lipinski definition) is 2. The van der Waals surface area contributed by atoms with Gasteiger partial charge >= 0.3 is 0 Å². The fraction of sp³-hybridized carbons (Fsp3) is 0.583. The number of nitrogens with zero attached hydrogens (tertiary/aromatic N) is 1. The van der Waals surface area contributed by atoms with E-state index in [-0.39, 0.29) is 12.4 Å². The summed E-state index contributed by atoms with van der Waals surface area (Å²) in [5.74, 6) is 0.177. The first-order valence-corrected chi connectivity index (χ1v) is 5.41. The van der Waals surface area contributed by atoms with Crippen LogP contribution in [-0.2, 0) is 6.61 Å². The van der Waals surface area contributed by atoms with Crippen molar-refractivity contribution in [3.05, 3.63) is 23.0 Å². The van der Waals surface area contributed by atoms with E-state index in [9.17, 15) is 5.11 Å². The average Bonchev–Trinajstić information content (AvgIpc) is 2.32. The zero-order valence-corrected chi connectivity index (χ0v) is 10.6. The molecule has 0 aromatic carbocycles. The Hall–Kier alpha value is -1.09. The molecule has 1 aromatic rings. The highest BCUT2D eigenvalue weighted by molar-refractivity contribution is 5.38. The quantitative estimate of drug-likeness (QED) is 0.754. The lowest BCUT2D eigenvalue weighted by Gasteiger charge is -2.05. The van der Waals surface area contributed by atoms with E-state index in [1.165, 1.54) is 0 Å². The predicted octanol–water partition coefficient (Wildman–Crippen LogP) is 2.95. The molecule has 0 atom stereocenters. The third kappa shape index (κ3) is 4.79. The van der Waals surface area contributed by atoms with Gasteiger partial charge in [0.15, 0.2) is 0 Å². The van der Waals surface area contributed by atoms with Gasteiger partial charge in [0.1, 0.15) is 5.75 Å². The molecule has 2 N–H and O–H groups in total. The molecule has 88 valence electrons. The Morgan fingerprint density at radius 2 is 1.60 bits per heavy atom. The summed E-state index contributed by atoms with van der Waals surface area (Å²) in [5, 5.41) is 18.1. The molecule has 1 aromatic heterocycles. The molecule has 0 saturated heterocycles. The summed E-state index contributed by atoms with van der Waals surface area (Å²) in [4.78, 5) is 3.90. The van der Waals surface area contributed by atoms with Gasteiger partial charge in [-0.25, -0.2) is 0 Å². The van der Waals surface area contributed by atoms with E-state index in [0.29, 0.717) is 16.8 Å². The van der Waals surface area contributed by atoms with E-state index in [2.05, 4.69) is 4.98 Å². The van der Waals surface area contributed by atoms with Gasteiger partial charge in [-0.1, -0.05) is 27.7 Å². The Morgan fingerprint density at radius 3 is 2.00 bits per heavy atom. The average molecular weight is 213 g/mol. The molecule has 3 heteroatoms. The highest BCUT2D eigenvalue weighted by Gasteiger charge is 2.05. The zero-order valence-electron chi connectivity index (χ0n) is 10.6. The fourth-order valence-electron chi connectivity index (χ4n) is 0.916. The number of pyridine rings is 1. The normalized spacial score (nSPS) is 8.20. The standard InChI is InChI=1S/C8H11NO2.2C2H6/c1-5-7(4-10)3-9-6(2)8(5)11;2*1-2/h3,10-11H,4H2,1-2H3;2*1-2H3. The summed E-state index contributed by atoms with van der Waals surface area (Å²) >= 11 is 0. The van der Waals surface area contributed by atoms with Crippen LogP contribution in [0.25, 0.3) is 0 Å². The van der Waals surface area contributed by atoms with Gasteiger partial charge in [0, 0.05) is 11.8 Å². The molecule has 0 saturated carbocycles. The summed E-state index contributed by atoms with van der Waals surface area (Å²) in [5.41, 5.74) is 1.98. The lowest BCUT2D eigenvalue weighted by molar-refractivity contribution is 0.279. The number of aryl methyl sites for hydroxylation is 1. The Morgan fingerprint density at radius 1 is 1.13 bits per heavy atom. The molecule has 15 heavy (non-hydrogen) atoms. The van der Waals surface area contributed by atoms with Crippen LogP contribution < -0.4 is 0 Å². The molecule has 0 amide bonds. The molecule has 1 heterocycles. The van der Waals surface area contributed by atoms with E-state index in [0.717, 1.165) is 0 Å². The second-order valence-electron chi connectivity index (χ2n) is 2.50. The summed E-state index contributed by atoms with van der Waals surface area (Å²) in [7, 11) is 0. The lowest BCUT2D eigenvalue weighted by Crippen LogP contribution is -1.93. The Balaban J connectivity index is 0. The molecular weight excluding hydrogens is 190 g/mol. The van der Waals surface area contributed by atoms with Gasteiger partial charge < -0.3 is 10.2 Å². The van der Waals surface area contributed by atoms with Crippen LogP contribution in [0.5, 0.6) is 5.75 Å². The van der Waals surface area contributed by atoms with Crippen molar-refractivity contribution in [3.8, 4) is 5.75 Å². The second kappa shape index (κ2) is 9.46. The third-order valence-corrected chi connectivity index (χ3v) is 1.76. The number of aliphatic hydroxyl groups excluding tert-OH is 1. The van der Waals surface area contributed by atoms with Crippen LogP contribution in [0, 0.1) is 13.8 Å². The van der Waals surface area contributed by atoms with Gasteiger partial charge in [-0.05, 0) is 19.4 Å². The maximum absolute atomic E-state index is 9.34. The minimum absolute atomic E-state index is 0.0767. The van der Waals surface area contributed by atoms with E-state index >= 15 is 0 Å². The van der Waals surface area contributed by atoms with E-state index in [1.807, 2.05) is 27.7 Å². The van der Waals surface area contributed by atoms with Crippen molar-refractivity contribution < 1.29 is 10.2 Å². The molecule has 0 unspecified atom stereocenters. The maximum Gasteiger partial charge on any atom is 0.140 e. The van der Waals surface area contributed by atoms with Gasteiger partial charge in [-0.3, -0.25) is 4.98 Å². The minimum Gasteiger partial charge on any atom is -0.506 e. The van der Waals surface area contributed by atoms with Gasteiger partial charge in [0.25, 0.3) is 0 Å². The highest BCUT2D eigenvalue weighted by atomic mass is 16.3. The van der Waals surface area contributed by atoms with E-state index in [1.54, 1.807) is 20.0 Å². The minimum atomic E-state index is -0.0767. The molecule has 0 fully saturated rings. The van der Waals surface area contributed by atoms with Crippen molar-refractivity contribution in [1.82, 2.24) is 4.98 Å². The van der Waals surface area contributed by atoms with Crippen LogP contribution >= 0.6 is 0 Å². The van der Waals surface area contributed by atoms with Crippen molar-refractivity contribution in [3.63, 3.8) is 0 Å². The van der Waals surface area contributed by atoms with Crippen molar-refractivity contribution in [2.75, 3.05) is 0 Å². The number of rotatable bonds is 1. The van der Waals surface area contributed by atoms with Crippen LogP contribution in [0.1, 0.15) is 44.5 Å². The first kappa shape index (κ1) is 16.3. The van der Waals surface area contributed by atoms with Crippen molar-refractivity contribution in [1.29, 1.82) is 0 Å². The second-order valence-corrected chi connectivity index (χ2v) is 2.50. The van der Waals surface area contributed by atoms with Gasteiger partial charge in [-0.2, -0.15) is 0 Å². The molecule has 1 rings (SSSR count). The predicted molar refractivity (Wildman–Crippen MR) is 64.0 cm³/mol. The van der Waals surface area contributed by atoms with Crippen LogP contribution in [0.15, 0.2) is 6.20 Å². The number of hydrogen-bond acceptors (Lipinski definition) is 3. The molecule has 0 bridgehead atoms. The molecule has 0 radical (unpaired) electrons. The zero-order chi connectivity index (χ0) is 12.4. The SMILES string of the molecule is CC.CC.Cc1ncc(CO)c(C)c1O. The highest BCUT2D eigenvalue weighted by Crippen LogP contribution is 2.21. The summed E-state index contributed by atoms with van der Waals surface area (Å²) in [6, 6.07) is 0. The Bertz CT molecular complexity index is 273. The van der Waals surface area contributed by atoms with E-state index < -0.39 is 0 Å². The molecule has 3 nitrogen and oxygen atoms in total. The number of aromatic hydroxyl groups is 1. The molecule has 0 aliphatic rings. The number of aromatic nitrogens is 1. The summed E-state index contributed by atoms with van der Waals surface area (Å²) in [6.45, 7) is 11.4. The summed E-state index contributed by atoms with van der Waals surface area (Å²) in [6.07, 6.45) is 1.57. The Kier molecular flexibility index (Phi) is 10.3. The first-order valence-electron chi connectivity index (χ1n) is 5.41. The molecular formula is C12H23NO2. The smallest absolute Gasteiger partial charge is 0.140 e. The van der Waals surface area contributed by atoms with Crippen LogP contribution in [0.4, 0.5) is 0 Å². The van der Waals surface area contributed by atoms with E-state index in [4.69, 9.17) is 5.11 Å². The number of aliphatic hydroxyl groups is 1. The van der Waals surface area contributed by atoms with Gasteiger partial charge in [0.2, 0.25) is 0 Å². The Labute approximate surface area is 92.8 Å². The molecule has 0 spiro atoms. The largest absolute Gasteiger partial charge is 0.506 e. The molecule has 0 aliphatic heterocycles. The van der Waals surface area contributed by atoms with Gasteiger partial charge in [0.05, 0.1) is 12.3 Å². The van der Waals surface area contributed by atoms with Crippen molar-refractivity contribution in [2.45, 2.75) is 48.1 Å². The first-order chi connectivity index (χ1) is 7.16. The van der Waals surface area contributed by atoms with Crippen LogP contribution in [-0.4, -0.2) is 15.2 Å². The van der Waals surface area contributed by atoms with Crippen LogP contribution in [0.2, 0.25) is 0 Å². The maximum atomic E-state index is 9.34. The van der Waals surface area contributed by atoms with Crippen molar-refractivity contribution in [2.24, 2.45) is 0 Å². The van der Waals surface area contributed by atoms with Crippen LogP contribution in [0.3, 0.4) is 0 Å². The van der Waals surface area contributed by atoms with Crippen molar-refractivity contribution >= 4 is 0 Å². The monoisotopic (exact) mass is 213 g/mol. The lowest BCUT2D eigenvalue weighted by atomic mass is 10.1. The van der Waals surface area contributed by atoms with Gasteiger partial charge in [-0.15, -0.1) is 0 Å². The fourth-order valence-corrected chi connectivity index (χ4v) is 0.916. The third-order valence-electron chi connectivity index (χ3n) is 1.76. The summed E-state index contributed by atoms with van der Waals surface area (Å²) < 4.78 is 0.